The molecule has 19 heavy (non-hydrogen) atoms. The Bertz CT molecular complexity index is 321. The number of piperazine rings is 1. The topological polar surface area (TPSA) is 49.6 Å². The van der Waals surface area contributed by atoms with Crippen LogP contribution < -0.4 is 5.73 Å². The van der Waals surface area contributed by atoms with Gasteiger partial charge < -0.3 is 10.6 Å². The highest BCUT2D eigenvalue weighted by Gasteiger charge is 2.37. The summed E-state index contributed by atoms with van der Waals surface area (Å²) < 4.78 is 0. The van der Waals surface area contributed by atoms with Gasteiger partial charge in [0.05, 0.1) is 0 Å². The highest BCUT2D eigenvalue weighted by Crippen LogP contribution is 2.31. The van der Waals surface area contributed by atoms with E-state index >= 15 is 0 Å². The Morgan fingerprint density at radius 2 is 1.68 bits per heavy atom. The van der Waals surface area contributed by atoms with E-state index in [1.807, 2.05) is 0 Å². The van der Waals surface area contributed by atoms with E-state index in [0.717, 1.165) is 32.4 Å². The predicted molar refractivity (Wildman–Crippen MR) is 77.7 cm³/mol. The van der Waals surface area contributed by atoms with E-state index < -0.39 is 0 Å². The van der Waals surface area contributed by atoms with Gasteiger partial charge in [0.25, 0.3) is 0 Å². The van der Waals surface area contributed by atoms with Crippen molar-refractivity contribution in [3.8, 4) is 0 Å². The van der Waals surface area contributed by atoms with Crippen molar-refractivity contribution in [2.75, 3.05) is 20.1 Å². The lowest BCUT2D eigenvalue weighted by Crippen LogP contribution is -2.58. The van der Waals surface area contributed by atoms with Crippen molar-refractivity contribution in [3.63, 3.8) is 0 Å². The van der Waals surface area contributed by atoms with E-state index in [1.54, 1.807) is 0 Å². The molecule has 0 radical (unpaired) electrons. The van der Waals surface area contributed by atoms with Crippen molar-refractivity contribution >= 4 is 5.91 Å². The fraction of sp³-hybridized carbons (Fsp3) is 0.933. The summed E-state index contributed by atoms with van der Waals surface area (Å²) in [5, 5.41) is 0. The molecule has 2 N–H and O–H groups in total. The number of carbonyl (C=O) groups excluding carboxylic acids is 1. The SMILES string of the molecule is CC1CC(N)CCC1C(=O)N1CC(C)N(C)C(C)C1. The van der Waals surface area contributed by atoms with E-state index in [1.165, 1.54) is 0 Å². The van der Waals surface area contributed by atoms with Crippen LogP contribution in [0.2, 0.25) is 0 Å². The minimum absolute atomic E-state index is 0.197. The zero-order valence-electron chi connectivity index (χ0n) is 12.8. The summed E-state index contributed by atoms with van der Waals surface area (Å²) in [6, 6.07) is 1.20. The Morgan fingerprint density at radius 1 is 1.11 bits per heavy atom. The number of rotatable bonds is 1. The van der Waals surface area contributed by atoms with E-state index in [-0.39, 0.29) is 5.92 Å². The number of likely N-dealkylation sites (N-methyl/N-ethyl adjacent to an activating group) is 1. The maximum Gasteiger partial charge on any atom is 0.226 e. The van der Waals surface area contributed by atoms with Gasteiger partial charge in [-0.05, 0) is 46.1 Å². The molecule has 2 rings (SSSR count). The van der Waals surface area contributed by atoms with Crippen molar-refractivity contribution < 1.29 is 4.79 Å². The third kappa shape index (κ3) is 3.11. The van der Waals surface area contributed by atoms with Crippen molar-refractivity contribution in [2.24, 2.45) is 17.6 Å². The number of nitrogens with zero attached hydrogens (tertiary/aromatic N) is 2. The molecule has 0 bridgehead atoms. The van der Waals surface area contributed by atoms with Crippen LogP contribution in [0.5, 0.6) is 0 Å². The zero-order chi connectivity index (χ0) is 14.2. The molecule has 1 amide bonds. The number of nitrogens with two attached hydrogens (primary N) is 1. The Hall–Kier alpha value is -0.610. The van der Waals surface area contributed by atoms with Crippen LogP contribution in [-0.2, 0) is 4.79 Å². The molecule has 1 saturated heterocycles. The van der Waals surface area contributed by atoms with Gasteiger partial charge in [0.1, 0.15) is 0 Å². The highest BCUT2D eigenvalue weighted by atomic mass is 16.2. The molecule has 1 heterocycles. The summed E-state index contributed by atoms with van der Waals surface area (Å²) in [6.45, 7) is 8.33. The lowest BCUT2D eigenvalue weighted by Gasteiger charge is -2.44. The molecule has 4 heteroatoms. The first-order chi connectivity index (χ1) is 8.90. The highest BCUT2D eigenvalue weighted by molar-refractivity contribution is 5.79. The van der Waals surface area contributed by atoms with Crippen LogP contribution in [-0.4, -0.2) is 54.0 Å². The summed E-state index contributed by atoms with van der Waals surface area (Å²) in [4.78, 5) is 17.2. The number of hydrogen-bond donors (Lipinski definition) is 1. The fourth-order valence-electron chi connectivity index (χ4n) is 3.62. The molecule has 5 atom stereocenters. The molecule has 5 unspecified atom stereocenters. The van der Waals surface area contributed by atoms with Crippen LogP contribution in [0.25, 0.3) is 0 Å². The summed E-state index contributed by atoms with van der Waals surface area (Å²) in [5.74, 6) is 0.996. The molecular formula is C15H29N3O. The maximum atomic E-state index is 12.7. The van der Waals surface area contributed by atoms with Crippen molar-refractivity contribution in [1.82, 2.24) is 9.80 Å². The first kappa shape index (κ1) is 14.8. The van der Waals surface area contributed by atoms with Crippen molar-refractivity contribution in [2.45, 2.75) is 58.2 Å². The Morgan fingerprint density at radius 3 is 2.21 bits per heavy atom. The smallest absolute Gasteiger partial charge is 0.226 e. The van der Waals surface area contributed by atoms with Gasteiger partial charge in [0, 0.05) is 37.1 Å². The first-order valence-corrected chi connectivity index (χ1v) is 7.66. The monoisotopic (exact) mass is 267 g/mol. The zero-order valence-corrected chi connectivity index (χ0v) is 12.8. The van der Waals surface area contributed by atoms with Gasteiger partial charge in [-0.15, -0.1) is 0 Å². The summed E-state index contributed by atoms with van der Waals surface area (Å²) in [7, 11) is 2.15. The minimum Gasteiger partial charge on any atom is -0.339 e. The standard InChI is InChI=1S/C15H29N3O/c1-10-7-13(16)5-6-14(10)15(19)18-8-11(2)17(4)12(3)9-18/h10-14H,5-9,16H2,1-4H3. The average Bonchev–Trinajstić information content (AvgIpc) is 2.34. The van der Waals surface area contributed by atoms with Gasteiger partial charge in [-0.1, -0.05) is 6.92 Å². The molecule has 0 spiro atoms. The lowest BCUT2D eigenvalue weighted by molar-refractivity contribution is -0.142. The van der Waals surface area contributed by atoms with Crippen LogP contribution in [0.3, 0.4) is 0 Å². The molecule has 0 aromatic carbocycles. The second kappa shape index (κ2) is 5.80. The van der Waals surface area contributed by atoms with Crippen LogP contribution in [0, 0.1) is 11.8 Å². The van der Waals surface area contributed by atoms with Crippen molar-refractivity contribution in [3.05, 3.63) is 0 Å². The van der Waals surface area contributed by atoms with Crippen LogP contribution >= 0.6 is 0 Å². The number of carbonyl (C=O) groups is 1. The van der Waals surface area contributed by atoms with Gasteiger partial charge in [0.15, 0.2) is 0 Å². The number of amides is 1. The minimum atomic E-state index is 0.197. The van der Waals surface area contributed by atoms with Gasteiger partial charge in [-0.3, -0.25) is 9.69 Å². The predicted octanol–water partition coefficient (Wildman–Crippen LogP) is 1.30. The molecule has 1 saturated carbocycles. The van der Waals surface area contributed by atoms with Crippen LogP contribution in [0.1, 0.15) is 40.0 Å². The molecule has 4 nitrogen and oxygen atoms in total. The Kier molecular flexibility index (Phi) is 4.51. The van der Waals surface area contributed by atoms with Crippen LogP contribution in [0.15, 0.2) is 0 Å². The lowest BCUT2D eigenvalue weighted by atomic mass is 9.77. The third-order valence-corrected chi connectivity index (χ3v) is 5.20. The second-order valence-corrected chi connectivity index (χ2v) is 6.76. The summed E-state index contributed by atoms with van der Waals surface area (Å²) in [5.41, 5.74) is 6.00. The Balaban J connectivity index is 2.00. The molecule has 0 aromatic rings. The molecule has 2 fully saturated rings. The van der Waals surface area contributed by atoms with Gasteiger partial charge >= 0.3 is 0 Å². The Labute approximate surface area is 117 Å². The second-order valence-electron chi connectivity index (χ2n) is 6.76. The van der Waals surface area contributed by atoms with E-state index in [0.29, 0.717) is 30.0 Å². The van der Waals surface area contributed by atoms with E-state index in [4.69, 9.17) is 5.73 Å². The number of hydrogen-bond acceptors (Lipinski definition) is 3. The van der Waals surface area contributed by atoms with Crippen molar-refractivity contribution in [1.29, 1.82) is 0 Å². The van der Waals surface area contributed by atoms with Gasteiger partial charge in [0.2, 0.25) is 5.91 Å². The van der Waals surface area contributed by atoms with E-state index in [2.05, 4.69) is 37.6 Å². The summed E-state index contributed by atoms with van der Waals surface area (Å²) >= 11 is 0. The third-order valence-electron chi connectivity index (χ3n) is 5.20. The molecule has 1 aliphatic carbocycles. The maximum absolute atomic E-state index is 12.7. The van der Waals surface area contributed by atoms with Crippen LogP contribution in [0.4, 0.5) is 0 Å². The largest absolute Gasteiger partial charge is 0.339 e. The quantitative estimate of drug-likeness (QED) is 0.779. The summed E-state index contributed by atoms with van der Waals surface area (Å²) in [6.07, 6.45) is 2.96. The van der Waals surface area contributed by atoms with Gasteiger partial charge in [-0.2, -0.15) is 0 Å². The first-order valence-electron chi connectivity index (χ1n) is 7.66. The fourth-order valence-corrected chi connectivity index (χ4v) is 3.62. The molecule has 2 aliphatic rings. The molecule has 110 valence electrons. The molecule has 1 aliphatic heterocycles. The molecular weight excluding hydrogens is 238 g/mol. The normalized spacial score (nSPS) is 41.3. The van der Waals surface area contributed by atoms with Gasteiger partial charge in [-0.25, -0.2) is 0 Å². The molecule has 0 aromatic heterocycles. The average molecular weight is 267 g/mol. The van der Waals surface area contributed by atoms with E-state index in [9.17, 15) is 4.79 Å².